The van der Waals surface area contributed by atoms with Crippen LogP contribution in [0.4, 0.5) is 11.6 Å². The van der Waals surface area contributed by atoms with E-state index in [0.29, 0.717) is 6.04 Å². The summed E-state index contributed by atoms with van der Waals surface area (Å²) >= 11 is 0. The average molecular weight is 364 g/mol. The first-order valence-corrected chi connectivity index (χ1v) is 9.25. The van der Waals surface area contributed by atoms with Crippen LogP contribution in [0.5, 0.6) is 0 Å². The Hall–Kier alpha value is -3.00. The van der Waals surface area contributed by atoms with E-state index in [2.05, 4.69) is 40.7 Å². The van der Waals surface area contributed by atoms with Crippen LogP contribution in [0.3, 0.4) is 0 Å². The first-order valence-electron chi connectivity index (χ1n) is 9.25. The van der Waals surface area contributed by atoms with Crippen molar-refractivity contribution in [1.82, 2.24) is 30.5 Å². The van der Waals surface area contributed by atoms with Crippen molar-refractivity contribution in [2.75, 3.05) is 30.4 Å². The molecular formula is C19H24N8. The highest BCUT2D eigenvalue weighted by molar-refractivity contribution is 5.61. The number of aromatic amines is 1. The van der Waals surface area contributed by atoms with Gasteiger partial charge in [-0.05, 0) is 25.0 Å². The van der Waals surface area contributed by atoms with Crippen molar-refractivity contribution in [1.29, 1.82) is 0 Å². The second-order valence-corrected chi connectivity index (χ2v) is 6.64. The molecule has 0 bridgehead atoms. The Labute approximate surface area is 158 Å². The van der Waals surface area contributed by atoms with Gasteiger partial charge in [-0.3, -0.25) is 10.1 Å². The summed E-state index contributed by atoms with van der Waals surface area (Å²) in [5, 5.41) is 14.0. The molecule has 27 heavy (non-hydrogen) atoms. The quantitative estimate of drug-likeness (QED) is 0.591. The van der Waals surface area contributed by atoms with Gasteiger partial charge in [-0.15, -0.1) is 0 Å². The zero-order valence-corrected chi connectivity index (χ0v) is 15.4. The van der Waals surface area contributed by atoms with Crippen molar-refractivity contribution < 1.29 is 0 Å². The Kier molecular flexibility index (Phi) is 5.24. The van der Waals surface area contributed by atoms with E-state index in [9.17, 15) is 0 Å². The number of anilines is 2. The summed E-state index contributed by atoms with van der Waals surface area (Å²) in [6.07, 6.45) is 9.47. The molecule has 0 saturated carbocycles. The number of aromatic nitrogens is 5. The van der Waals surface area contributed by atoms with Crippen LogP contribution in [0.15, 0.2) is 43.1 Å². The van der Waals surface area contributed by atoms with Gasteiger partial charge in [-0.2, -0.15) is 5.10 Å². The highest BCUT2D eigenvalue weighted by Gasteiger charge is 2.25. The number of nitrogens with one attached hydrogen (secondary N) is 3. The van der Waals surface area contributed by atoms with Crippen molar-refractivity contribution in [2.24, 2.45) is 0 Å². The van der Waals surface area contributed by atoms with Gasteiger partial charge in [0.25, 0.3) is 0 Å². The van der Waals surface area contributed by atoms with Gasteiger partial charge in [0.15, 0.2) is 0 Å². The number of hydrogen-bond donors (Lipinski definition) is 3. The summed E-state index contributed by atoms with van der Waals surface area (Å²) in [4.78, 5) is 15.2. The Morgan fingerprint density at radius 3 is 3.11 bits per heavy atom. The van der Waals surface area contributed by atoms with E-state index in [1.807, 2.05) is 37.6 Å². The van der Waals surface area contributed by atoms with Crippen LogP contribution in [0.25, 0.3) is 11.3 Å². The van der Waals surface area contributed by atoms with Crippen LogP contribution in [-0.2, 0) is 6.54 Å². The van der Waals surface area contributed by atoms with Crippen molar-refractivity contribution in [3.05, 3.63) is 48.7 Å². The molecular weight excluding hydrogens is 340 g/mol. The van der Waals surface area contributed by atoms with Gasteiger partial charge in [-0.1, -0.05) is 0 Å². The molecule has 0 aliphatic carbocycles. The Balaban J connectivity index is 1.39. The van der Waals surface area contributed by atoms with Crippen LogP contribution in [0.1, 0.15) is 18.4 Å². The zero-order chi connectivity index (χ0) is 18.5. The predicted molar refractivity (Wildman–Crippen MR) is 105 cm³/mol. The lowest BCUT2D eigenvalue weighted by molar-refractivity contribution is 0.571. The molecule has 1 aliphatic heterocycles. The standard InChI is InChI=1S/C19H24N8/c1-20-17-8-18(24-13-23-17)27-7-3-5-16(27)12-22-10-15-11-25-26-19(15)14-4-2-6-21-9-14/h2,4,6,8-9,11,13,16,22H,3,5,7,10,12H2,1H3,(H,25,26)(H,20,23,24). The molecule has 1 fully saturated rings. The van der Waals surface area contributed by atoms with Gasteiger partial charge in [0.2, 0.25) is 0 Å². The van der Waals surface area contributed by atoms with Gasteiger partial charge in [0.1, 0.15) is 18.0 Å². The lowest BCUT2D eigenvalue weighted by Crippen LogP contribution is -2.38. The molecule has 0 aromatic carbocycles. The monoisotopic (exact) mass is 364 g/mol. The number of hydrogen-bond acceptors (Lipinski definition) is 7. The third-order valence-corrected chi connectivity index (χ3v) is 4.94. The molecule has 1 aliphatic rings. The summed E-state index contributed by atoms with van der Waals surface area (Å²) in [6.45, 7) is 2.69. The largest absolute Gasteiger partial charge is 0.373 e. The lowest BCUT2D eigenvalue weighted by Gasteiger charge is -2.26. The molecule has 0 spiro atoms. The van der Waals surface area contributed by atoms with E-state index in [4.69, 9.17) is 0 Å². The van der Waals surface area contributed by atoms with E-state index in [0.717, 1.165) is 54.5 Å². The summed E-state index contributed by atoms with van der Waals surface area (Å²) in [5.41, 5.74) is 3.22. The second-order valence-electron chi connectivity index (χ2n) is 6.64. The van der Waals surface area contributed by atoms with E-state index >= 15 is 0 Å². The van der Waals surface area contributed by atoms with E-state index in [1.165, 1.54) is 6.42 Å². The molecule has 8 nitrogen and oxygen atoms in total. The van der Waals surface area contributed by atoms with Crippen LogP contribution in [0.2, 0.25) is 0 Å². The normalized spacial score (nSPS) is 16.6. The molecule has 140 valence electrons. The topological polar surface area (TPSA) is 94.7 Å². The van der Waals surface area contributed by atoms with Crippen LogP contribution < -0.4 is 15.5 Å². The van der Waals surface area contributed by atoms with E-state index < -0.39 is 0 Å². The minimum absolute atomic E-state index is 0.429. The maximum atomic E-state index is 4.46. The summed E-state index contributed by atoms with van der Waals surface area (Å²) in [7, 11) is 1.87. The highest BCUT2D eigenvalue weighted by Crippen LogP contribution is 2.25. The molecule has 4 heterocycles. The zero-order valence-electron chi connectivity index (χ0n) is 15.4. The van der Waals surface area contributed by atoms with Gasteiger partial charge < -0.3 is 15.5 Å². The summed E-state index contributed by atoms with van der Waals surface area (Å²) in [5.74, 6) is 1.83. The highest BCUT2D eigenvalue weighted by atomic mass is 15.2. The van der Waals surface area contributed by atoms with Crippen LogP contribution >= 0.6 is 0 Å². The predicted octanol–water partition coefficient (Wildman–Crippen LogP) is 2.06. The van der Waals surface area contributed by atoms with Crippen molar-refractivity contribution in [3.8, 4) is 11.3 Å². The van der Waals surface area contributed by atoms with E-state index in [-0.39, 0.29) is 0 Å². The first kappa shape index (κ1) is 17.4. The number of nitrogens with zero attached hydrogens (tertiary/aromatic N) is 5. The van der Waals surface area contributed by atoms with Crippen molar-refractivity contribution in [3.63, 3.8) is 0 Å². The molecule has 0 amide bonds. The fraction of sp³-hybridized carbons (Fsp3) is 0.368. The lowest BCUT2D eigenvalue weighted by atomic mass is 10.1. The molecule has 3 aromatic rings. The molecule has 0 radical (unpaired) electrons. The molecule has 1 saturated heterocycles. The Morgan fingerprint density at radius 1 is 1.30 bits per heavy atom. The third kappa shape index (κ3) is 3.90. The number of rotatable bonds is 7. The van der Waals surface area contributed by atoms with Gasteiger partial charge in [0.05, 0.1) is 11.9 Å². The minimum Gasteiger partial charge on any atom is -0.373 e. The Bertz CT molecular complexity index is 863. The second kappa shape index (κ2) is 8.13. The molecule has 8 heteroatoms. The fourth-order valence-corrected chi connectivity index (χ4v) is 3.57. The number of H-pyrrole nitrogens is 1. The molecule has 1 unspecified atom stereocenters. The van der Waals surface area contributed by atoms with Crippen LogP contribution in [-0.4, -0.2) is 51.3 Å². The maximum absolute atomic E-state index is 4.46. The van der Waals surface area contributed by atoms with Gasteiger partial charge >= 0.3 is 0 Å². The molecule has 3 aromatic heterocycles. The van der Waals surface area contributed by atoms with Gasteiger partial charge in [0, 0.05) is 62.3 Å². The van der Waals surface area contributed by atoms with Crippen molar-refractivity contribution in [2.45, 2.75) is 25.4 Å². The molecule has 4 rings (SSSR count). The average Bonchev–Trinajstić information content (AvgIpc) is 3.38. The summed E-state index contributed by atoms with van der Waals surface area (Å²) < 4.78 is 0. The Morgan fingerprint density at radius 2 is 2.26 bits per heavy atom. The summed E-state index contributed by atoms with van der Waals surface area (Å²) in [6, 6.07) is 6.41. The third-order valence-electron chi connectivity index (χ3n) is 4.94. The van der Waals surface area contributed by atoms with E-state index in [1.54, 1.807) is 12.5 Å². The fourth-order valence-electron chi connectivity index (χ4n) is 3.57. The minimum atomic E-state index is 0.429. The van der Waals surface area contributed by atoms with Gasteiger partial charge in [-0.25, -0.2) is 9.97 Å². The number of pyridine rings is 1. The molecule has 3 N–H and O–H groups in total. The smallest absolute Gasteiger partial charge is 0.134 e. The maximum Gasteiger partial charge on any atom is 0.134 e. The molecule has 1 atom stereocenters. The first-order chi connectivity index (χ1) is 13.3. The van der Waals surface area contributed by atoms with Crippen molar-refractivity contribution >= 4 is 11.6 Å². The SMILES string of the molecule is CNc1cc(N2CCCC2CNCc2cn[nH]c2-c2cccnc2)ncn1. The van der Waals surface area contributed by atoms with Crippen LogP contribution in [0, 0.1) is 0 Å².